The molecule has 1 unspecified atom stereocenters. The van der Waals surface area contributed by atoms with Crippen LogP contribution < -0.4 is 5.32 Å². The predicted octanol–water partition coefficient (Wildman–Crippen LogP) is 1.37. The fourth-order valence-corrected chi connectivity index (χ4v) is 2.48. The van der Waals surface area contributed by atoms with Gasteiger partial charge in [0.05, 0.1) is 11.9 Å². The molecule has 124 valence electrons. The van der Waals surface area contributed by atoms with Crippen LogP contribution in [0.15, 0.2) is 30.5 Å². The lowest BCUT2D eigenvalue weighted by atomic mass is 10.00. The maximum atomic E-state index is 11.9. The van der Waals surface area contributed by atoms with Gasteiger partial charge in [-0.3, -0.25) is 4.79 Å². The van der Waals surface area contributed by atoms with Crippen molar-refractivity contribution in [3.8, 4) is 0 Å². The van der Waals surface area contributed by atoms with Crippen LogP contribution in [-0.2, 0) is 24.7 Å². The monoisotopic (exact) mass is 336 g/mol. The number of hydrogen-bond acceptors (Lipinski definition) is 4. The quantitative estimate of drug-likeness (QED) is 0.763. The molecule has 2 rings (SSSR count). The highest BCUT2D eigenvalue weighted by Crippen LogP contribution is 2.18. The van der Waals surface area contributed by atoms with Gasteiger partial charge in [-0.15, -0.1) is 0 Å². The van der Waals surface area contributed by atoms with Gasteiger partial charge in [0, 0.05) is 44.0 Å². The van der Waals surface area contributed by atoms with Crippen LogP contribution in [-0.4, -0.2) is 39.2 Å². The molecule has 23 heavy (non-hydrogen) atoms. The summed E-state index contributed by atoms with van der Waals surface area (Å²) in [4.78, 5) is 13.4. The number of nitrogens with zero attached hydrogens (tertiary/aromatic N) is 3. The maximum Gasteiger partial charge on any atom is 0.220 e. The third-order valence-corrected chi connectivity index (χ3v) is 3.94. The predicted molar refractivity (Wildman–Crippen MR) is 88.1 cm³/mol. The van der Waals surface area contributed by atoms with E-state index >= 15 is 0 Å². The highest BCUT2D eigenvalue weighted by molar-refractivity contribution is 6.31. The summed E-state index contributed by atoms with van der Waals surface area (Å²) in [7, 11) is 1.74. The van der Waals surface area contributed by atoms with E-state index in [2.05, 4.69) is 15.5 Å². The molecule has 1 atom stereocenters. The van der Waals surface area contributed by atoms with Crippen LogP contribution >= 0.6 is 11.6 Å². The smallest absolute Gasteiger partial charge is 0.220 e. The van der Waals surface area contributed by atoms with Crippen LogP contribution in [0.5, 0.6) is 0 Å². The zero-order valence-electron chi connectivity index (χ0n) is 13.1. The molecule has 1 aromatic heterocycles. The molecule has 0 spiro atoms. The Hall–Kier alpha value is -1.92. The van der Waals surface area contributed by atoms with Crippen molar-refractivity contribution in [1.29, 1.82) is 0 Å². The van der Waals surface area contributed by atoms with Crippen molar-refractivity contribution in [2.75, 3.05) is 13.2 Å². The summed E-state index contributed by atoms with van der Waals surface area (Å²) in [6, 6.07) is 7.54. The van der Waals surface area contributed by atoms with Gasteiger partial charge in [-0.1, -0.05) is 29.8 Å². The molecule has 0 bridgehead atoms. The number of hydrogen-bond donors (Lipinski definition) is 2. The Morgan fingerprint density at radius 2 is 2.22 bits per heavy atom. The van der Waals surface area contributed by atoms with E-state index in [1.54, 1.807) is 13.2 Å². The Morgan fingerprint density at radius 1 is 1.43 bits per heavy atom. The highest BCUT2D eigenvalue weighted by Gasteiger charge is 2.12. The molecule has 0 aliphatic heterocycles. The number of amides is 1. The minimum absolute atomic E-state index is 0.00430. The third-order valence-electron chi connectivity index (χ3n) is 3.57. The number of nitrogens with one attached hydrogen (secondary N) is 1. The fourth-order valence-electron chi connectivity index (χ4n) is 2.27. The molecule has 0 saturated heterocycles. The summed E-state index contributed by atoms with van der Waals surface area (Å²) in [5.74, 6) is -0.122. The number of halogens is 1. The number of aromatic nitrogens is 3. The van der Waals surface area contributed by atoms with Crippen LogP contribution in [0.4, 0.5) is 0 Å². The molecule has 0 aliphatic rings. The second-order valence-electron chi connectivity index (χ2n) is 5.47. The molecule has 1 aromatic carbocycles. The van der Waals surface area contributed by atoms with Crippen LogP contribution in [0, 0.1) is 5.92 Å². The topological polar surface area (TPSA) is 80.0 Å². The van der Waals surface area contributed by atoms with Gasteiger partial charge in [-0.25, -0.2) is 0 Å². The van der Waals surface area contributed by atoms with Crippen molar-refractivity contribution in [3.05, 3.63) is 46.7 Å². The lowest BCUT2D eigenvalue weighted by Gasteiger charge is -2.16. The SMILES string of the molecule is Cn1ncc(CCC(=O)NCC(CO)Cc2ccccc2Cl)n1. The molecule has 7 heteroatoms. The zero-order chi connectivity index (χ0) is 16.7. The Kier molecular flexibility index (Phi) is 6.55. The summed E-state index contributed by atoms with van der Waals surface area (Å²) >= 11 is 6.12. The van der Waals surface area contributed by atoms with Gasteiger partial charge in [0.15, 0.2) is 0 Å². The van der Waals surface area contributed by atoms with Gasteiger partial charge in [0.1, 0.15) is 0 Å². The zero-order valence-corrected chi connectivity index (χ0v) is 13.8. The standard InChI is InChI=1S/C16H21ClN4O2/c1-21-19-10-14(20-21)6-7-16(23)18-9-12(11-22)8-13-4-2-3-5-15(13)17/h2-5,10,12,22H,6-9,11H2,1H3,(H,18,23). The number of benzene rings is 1. The second-order valence-corrected chi connectivity index (χ2v) is 5.88. The van der Waals surface area contributed by atoms with Gasteiger partial charge in [0.25, 0.3) is 0 Å². The minimum Gasteiger partial charge on any atom is -0.396 e. The molecular formula is C16H21ClN4O2. The van der Waals surface area contributed by atoms with Crippen molar-refractivity contribution in [1.82, 2.24) is 20.3 Å². The van der Waals surface area contributed by atoms with Crippen LogP contribution in [0.2, 0.25) is 5.02 Å². The van der Waals surface area contributed by atoms with Crippen molar-refractivity contribution < 1.29 is 9.90 Å². The van der Waals surface area contributed by atoms with Gasteiger partial charge in [0.2, 0.25) is 5.91 Å². The summed E-state index contributed by atoms with van der Waals surface area (Å²) in [5.41, 5.74) is 1.76. The van der Waals surface area contributed by atoms with Crippen molar-refractivity contribution in [3.63, 3.8) is 0 Å². The number of carbonyl (C=O) groups excluding carboxylic acids is 1. The molecular weight excluding hydrogens is 316 g/mol. The summed E-state index contributed by atoms with van der Waals surface area (Å²) in [5, 5.41) is 21.1. The molecule has 0 saturated carbocycles. The van der Waals surface area contributed by atoms with Crippen LogP contribution in [0.1, 0.15) is 17.7 Å². The number of rotatable bonds is 8. The Morgan fingerprint density at radius 3 is 2.87 bits per heavy atom. The first-order valence-corrected chi connectivity index (χ1v) is 7.92. The van der Waals surface area contributed by atoms with E-state index < -0.39 is 0 Å². The Balaban J connectivity index is 1.76. The third kappa shape index (κ3) is 5.65. The molecule has 6 nitrogen and oxygen atoms in total. The van der Waals surface area contributed by atoms with Gasteiger partial charge in [-0.05, 0) is 18.1 Å². The van der Waals surface area contributed by atoms with Crippen molar-refractivity contribution in [2.45, 2.75) is 19.3 Å². The van der Waals surface area contributed by atoms with E-state index in [-0.39, 0.29) is 18.4 Å². The number of aliphatic hydroxyl groups is 1. The van der Waals surface area contributed by atoms with E-state index in [4.69, 9.17) is 11.6 Å². The first-order chi connectivity index (χ1) is 11.1. The number of aliphatic hydroxyl groups excluding tert-OH is 1. The van der Waals surface area contributed by atoms with Gasteiger partial charge in [-0.2, -0.15) is 15.0 Å². The molecule has 0 aliphatic carbocycles. The highest BCUT2D eigenvalue weighted by atomic mass is 35.5. The maximum absolute atomic E-state index is 11.9. The normalized spacial score (nSPS) is 12.1. The lowest BCUT2D eigenvalue weighted by Crippen LogP contribution is -2.32. The molecule has 0 fully saturated rings. The first kappa shape index (κ1) is 17.4. The van der Waals surface area contributed by atoms with E-state index in [1.165, 1.54) is 4.80 Å². The average molecular weight is 337 g/mol. The Bertz CT molecular complexity index is 645. The Labute approximate surface area is 140 Å². The lowest BCUT2D eigenvalue weighted by molar-refractivity contribution is -0.121. The van der Waals surface area contributed by atoms with Crippen LogP contribution in [0.3, 0.4) is 0 Å². The minimum atomic E-state index is -0.0618. The molecule has 1 heterocycles. The van der Waals surface area contributed by atoms with E-state index in [0.29, 0.717) is 30.8 Å². The van der Waals surface area contributed by atoms with Crippen molar-refractivity contribution in [2.24, 2.45) is 13.0 Å². The van der Waals surface area contributed by atoms with E-state index in [1.807, 2.05) is 24.3 Å². The second kappa shape index (κ2) is 8.64. The molecule has 0 radical (unpaired) electrons. The molecule has 2 aromatic rings. The summed E-state index contributed by atoms with van der Waals surface area (Å²) in [6.07, 6.45) is 3.18. The average Bonchev–Trinajstić information content (AvgIpc) is 2.96. The van der Waals surface area contributed by atoms with Crippen LogP contribution in [0.25, 0.3) is 0 Å². The number of aryl methyl sites for hydroxylation is 2. The fraction of sp³-hybridized carbons (Fsp3) is 0.438. The van der Waals surface area contributed by atoms with E-state index in [9.17, 15) is 9.90 Å². The number of carbonyl (C=O) groups is 1. The molecule has 1 amide bonds. The summed E-state index contributed by atoms with van der Waals surface area (Å²) in [6.45, 7) is 0.413. The van der Waals surface area contributed by atoms with Crippen molar-refractivity contribution >= 4 is 17.5 Å². The van der Waals surface area contributed by atoms with Gasteiger partial charge >= 0.3 is 0 Å². The first-order valence-electron chi connectivity index (χ1n) is 7.54. The van der Waals surface area contributed by atoms with Gasteiger partial charge < -0.3 is 10.4 Å². The largest absolute Gasteiger partial charge is 0.396 e. The van der Waals surface area contributed by atoms with E-state index in [0.717, 1.165) is 11.3 Å². The summed E-state index contributed by atoms with van der Waals surface area (Å²) < 4.78 is 0. The molecule has 2 N–H and O–H groups in total.